The molecule has 2 saturated carbocycles. The number of likely N-dealkylation sites (tertiary alicyclic amines) is 1. The highest BCUT2D eigenvalue weighted by molar-refractivity contribution is 8.00. The van der Waals surface area contributed by atoms with Gasteiger partial charge in [-0.05, 0) is 107 Å². The Balaban J connectivity index is 0.989. The van der Waals surface area contributed by atoms with Crippen LogP contribution in [-0.4, -0.2) is 144 Å². The van der Waals surface area contributed by atoms with Crippen molar-refractivity contribution in [2.45, 2.75) is 152 Å². The predicted molar refractivity (Wildman–Crippen MR) is 263 cm³/mol. The van der Waals surface area contributed by atoms with Gasteiger partial charge in [-0.2, -0.15) is 5.06 Å². The van der Waals surface area contributed by atoms with Gasteiger partial charge in [0.1, 0.15) is 40.9 Å². The largest absolute Gasteiger partial charge is 0.495 e. The van der Waals surface area contributed by atoms with Gasteiger partial charge in [0.25, 0.3) is 5.91 Å². The second-order valence-corrected chi connectivity index (χ2v) is 22.2. The SMILES string of the molecule is COc1cc2cc(c1Cl)N(C)C(=O)C[C@H](OC(=O)C1CCC(CSC3CC(O)N(CC4CCC(C(=O)ON(C)C(C)=O)CC4)C3=O)CC1)[C@]1(C)O[C@H]1[C@H](C)C1C[C@@](O)(NC(=O)O1)[C@H](OC)/C=C/C=C(\C)C2. The molecule has 3 saturated heterocycles. The molecule has 3 unspecified atom stereocenters. The fourth-order valence-electron chi connectivity index (χ4n) is 10.9. The predicted octanol–water partition coefficient (Wildman–Crippen LogP) is 5.87. The fourth-order valence-corrected chi connectivity index (χ4v) is 12.6. The number of allylic oxidation sites excluding steroid dienone is 3. The summed E-state index contributed by atoms with van der Waals surface area (Å²) in [7, 11) is 5.96. The third-order valence-corrected chi connectivity index (χ3v) is 17.4. The molecular weight excluding hydrogens is 960 g/mol. The molecule has 0 spiro atoms. The number of nitrogens with one attached hydrogen (secondary N) is 1. The molecule has 1 aromatic carbocycles. The first-order valence-electron chi connectivity index (χ1n) is 24.8. The lowest BCUT2D eigenvalue weighted by Crippen LogP contribution is -2.63. The first-order chi connectivity index (χ1) is 33.6. The summed E-state index contributed by atoms with van der Waals surface area (Å²) >= 11 is 8.40. The van der Waals surface area contributed by atoms with Crippen molar-refractivity contribution in [3.05, 3.63) is 46.5 Å². The van der Waals surface area contributed by atoms with E-state index in [0.717, 1.165) is 29.0 Å². The number of carbonyl (C=O) groups excluding carboxylic acids is 6. The van der Waals surface area contributed by atoms with Gasteiger partial charge in [0.05, 0.1) is 42.4 Å². The summed E-state index contributed by atoms with van der Waals surface area (Å²) in [6.07, 6.45) is 5.71. The minimum atomic E-state index is -1.83. The average Bonchev–Trinajstić information content (AvgIpc) is 3.96. The van der Waals surface area contributed by atoms with Gasteiger partial charge in [0.15, 0.2) is 5.72 Å². The number of alkyl carbamates (subject to hydrolysis) is 1. The van der Waals surface area contributed by atoms with E-state index in [1.165, 1.54) is 33.1 Å². The molecule has 9 atom stereocenters. The maximum atomic E-state index is 14.4. The second kappa shape index (κ2) is 22.8. The second-order valence-electron chi connectivity index (χ2n) is 20.6. The number of nitrogens with zero attached hydrogens (tertiary/aromatic N) is 3. The number of anilines is 1. The number of thioether (sulfide) groups is 1. The first kappa shape index (κ1) is 54.4. The number of amides is 4. The first-order valence-corrected chi connectivity index (χ1v) is 26.2. The zero-order valence-corrected chi connectivity index (χ0v) is 43.6. The Hall–Kier alpha value is -4.40. The van der Waals surface area contributed by atoms with Crippen molar-refractivity contribution in [3.8, 4) is 5.75 Å². The van der Waals surface area contributed by atoms with Crippen molar-refractivity contribution in [3.63, 3.8) is 0 Å². The number of halogens is 1. The highest BCUT2D eigenvalue weighted by Crippen LogP contribution is 2.50. The van der Waals surface area contributed by atoms with Gasteiger partial charge in [-0.3, -0.25) is 24.5 Å². The molecule has 2 aliphatic carbocycles. The third kappa shape index (κ3) is 12.5. The summed E-state index contributed by atoms with van der Waals surface area (Å²) in [6, 6.07) is 3.63. The zero-order valence-electron chi connectivity index (χ0n) is 42.1. The van der Waals surface area contributed by atoms with Gasteiger partial charge in [-0.25, -0.2) is 9.59 Å². The molecular formula is C51H71ClN4O14S. The lowest BCUT2D eigenvalue weighted by Gasteiger charge is -2.42. The minimum Gasteiger partial charge on any atom is -0.495 e. The summed E-state index contributed by atoms with van der Waals surface area (Å²) in [5.41, 5.74) is -0.845. The number of esters is 1. The molecule has 71 heavy (non-hydrogen) atoms. The Bertz CT molecular complexity index is 2230. The van der Waals surface area contributed by atoms with E-state index >= 15 is 0 Å². The number of fused-ring (bicyclic) bond motifs is 5. The molecule has 7 rings (SSSR count). The van der Waals surface area contributed by atoms with Crippen molar-refractivity contribution >= 4 is 64.8 Å². The monoisotopic (exact) mass is 1030 g/mol. The molecule has 392 valence electrons. The minimum absolute atomic E-state index is 0.0435. The number of epoxide rings is 1. The summed E-state index contributed by atoms with van der Waals surface area (Å²) in [5, 5.41) is 26.2. The molecule has 6 aliphatic rings. The molecule has 4 heterocycles. The number of benzene rings is 1. The van der Waals surface area contributed by atoms with E-state index in [-0.39, 0.29) is 58.6 Å². The fraction of sp³-hybridized carbons (Fsp3) is 0.686. The van der Waals surface area contributed by atoms with Crippen LogP contribution in [0.5, 0.6) is 5.75 Å². The van der Waals surface area contributed by atoms with Crippen LogP contribution < -0.4 is 15.0 Å². The zero-order chi connectivity index (χ0) is 51.5. The third-order valence-electron chi connectivity index (χ3n) is 15.6. The van der Waals surface area contributed by atoms with Gasteiger partial charge in [-0.15, -0.1) is 11.8 Å². The number of ether oxygens (including phenoxy) is 5. The Morgan fingerprint density at radius 2 is 1.68 bits per heavy atom. The van der Waals surface area contributed by atoms with Crippen LogP contribution in [0, 0.1) is 29.6 Å². The summed E-state index contributed by atoms with van der Waals surface area (Å²) in [4.78, 5) is 87.4. The maximum absolute atomic E-state index is 14.4. The van der Waals surface area contributed by atoms with E-state index < -0.39 is 71.8 Å². The Morgan fingerprint density at radius 3 is 2.32 bits per heavy atom. The van der Waals surface area contributed by atoms with Crippen LogP contribution in [0.2, 0.25) is 5.02 Å². The van der Waals surface area contributed by atoms with Gasteiger partial charge in [-0.1, -0.05) is 42.3 Å². The van der Waals surface area contributed by atoms with Crippen LogP contribution in [0.3, 0.4) is 0 Å². The van der Waals surface area contributed by atoms with Crippen molar-refractivity contribution < 1.29 is 67.5 Å². The highest BCUT2D eigenvalue weighted by Gasteiger charge is 2.64. The van der Waals surface area contributed by atoms with Crippen LogP contribution in [0.15, 0.2) is 35.9 Å². The molecule has 4 amide bonds. The number of hydroxylamine groups is 2. The molecule has 5 fully saturated rings. The Labute approximate surface area is 425 Å². The number of aliphatic hydroxyl groups excluding tert-OH is 1. The number of methoxy groups -OCH3 is 2. The van der Waals surface area contributed by atoms with E-state index in [0.29, 0.717) is 75.1 Å². The highest BCUT2D eigenvalue weighted by atomic mass is 35.5. The van der Waals surface area contributed by atoms with Gasteiger partial charge < -0.3 is 48.5 Å². The van der Waals surface area contributed by atoms with E-state index in [1.54, 1.807) is 48.9 Å². The Morgan fingerprint density at radius 1 is 1.01 bits per heavy atom. The van der Waals surface area contributed by atoms with Gasteiger partial charge in [0.2, 0.25) is 11.8 Å². The van der Waals surface area contributed by atoms with Gasteiger partial charge >= 0.3 is 18.0 Å². The maximum Gasteiger partial charge on any atom is 0.409 e. The standard InChI is InChI=1S/C51H71ClN4O14S/c1-28-10-9-11-40(66-8)51(64)25-38(67-49(63)53-51)29(2)45-50(4,69-45)41(24-42(58)54(5)36-21-33(20-28)22-37(65-7)44(36)52)68-47(61)34-18-14-32(15-19-34)27-71-39-23-43(59)56(46(39)60)26-31-12-16-35(17-13-31)48(62)70-55(6)30(3)57/h9-11,21-22,29,31-32,34-35,38-41,43,45,59,64H,12-20,23-27H2,1-8H3,(H,53,63)/b11-9+,28-10+/t29-,31?,32?,34?,35?,38?,39?,40-,41+,43?,45+,50+,51+/m1/s1. The molecule has 3 N–H and O–H groups in total. The van der Waals surface area contributed by atoms with Crippen LogP contribution >= 0.6 is 23.4 Å². The number of hydrogen-bond acceptors (Lipinski definition) is 15. The lowest BCUT2D eigenvalue weighted by atomic mass is 9.82. The number of hydrogen-bond donors (Lipinski definition) is 3. The van der Waals surface area contributed by atoms with Crippen LogP contribution in [0.1, 0.15) is 104 Å². The van der Waals surface area contributed by atoms with Crippen molar-refractivity contribution in [1.82, 2.24) is 15.3 Å². The molecule has 0 radical (unpaired) electrons. The number of rotatable bonds is 10. The molecule has 0 aromatic heterocycles. The van der Waals surface area contributed by atoms with Crippen LogP contribution in [0.25, 0.3) is 0 Å². The number of aliphatic hydroxyl groups is 2. The summed E-state index contributed by atoms with van der Waals surface area (Å²) in [6.45, 7) is 7.28. The molecule has 1 aromatic rings. The average molecular weight is 1030 g/mol. The molecule has 4 bridgehead atoms. The summed E-state index contributed by atoms with van der Waals surface area (Å²) < 4.78 is 29.8. The molecule has 4 aliphatic heterocycles. The van der Waals surface area contributed by atoms with E-state index in [2.05, 4.69) is 5.32 Å². The van der Waals surface area contributed by atoms with Crippen LogP contribution in [-0.2, 0) is 54.2 Å². The quantitative estimate of drug-likeness (QED) is 0.142. The van der Waals surface area contributed by atoms with Crippen molar-refractivity contribution in [2.75, 3.05) is 45.5 Å². The van der Waals surface area contributed by atoms with Gasteiger partial charge in [0, 0.05) is 53.4 Å². The number of carbonyl (C=O) groups is 6. The molecule has 18 nitrogen and oxygen atoms in total. The topological polar surface area (TPSA) is 223 Å². The molecule has 20 heteroatoms. The lowest BCUT2D eigenvalue weighted by molar-refractivity contribution is -0.196. The van der Waals surface area contributed by atoms with Crippen molar-refractivity contribution in [1.29, 1.82) is 0 Å². The normalized spacial score (nSPS) is 35.8. The Kier molecular flexibility index (Phi) is 17.5. The van der Waals surface area contributed by atoms with E-state index in [1.807, 2.05) is 26.0 Å². The van der Waals surface area contributed by atoms with Crippen LogP contribution in [0.4, 0.5) is 10.5 Å². The smallest absolute Gasteiger partial charge is 0.409 e. The van der Waals surface area contributed by atoms with Crippen molar-refractivity contribution in [2.24, 2.45) is 29.6 Å². The summed E-state index contributed by atoms with van der Waals surface area (Å²) in [5.74, 6) is -1.54. The van der Waals surface area contributed by atoms with E-state index in [9.17, 15) is 39.0 Å². The van der Waals surface area contributed by atoms with E-state index in [4.69, 9.17) is 40.1 Å².